The van der Waals surface area contributed by atoms with E-state index in [2.05, 4.69) is 37.3 Å². The van der Waals surface area contributed by atoms with Gasteiger partial charge in [-0.15, -0.1) is 0 Å². The van der Waals surface area contributed by atoms with E-state index in [1.165, 1.54) is 12.1 Å². The molecule has 4 aromatic rings. The molecule has 0 saturated carbocycles. The van der Waals surface area contributed by atoms with Gasteiger partial charge in [-0.25, -0.2) is 4.39 Å². The number of aromatic nitrogens is 3. The molecule has 5 rings (SSSR count). The fraction of sp³-hybridized carbons (Fsp3) is 0.185. The maximum atomic E-state index is 13.2. The molecule has 0 bridgehead atoms. The van der Waals surface area contributed by atoms with E-state index in [-0.39, 0.29) is 30.2 Å². The molecule has 1 saturated heterocycles. The highest BCUT2D eigenvalue weighted by Crippen LogP contribution is 2.40. The van der Waals surface area contributed by atoms with Crippen LogP contribution in [0.5, 0.6) is 0 Å². The van der Waals surface area contributed by atoms with Gasteiger partial charge in [0.2, 0.25) is 5.91 Å². The lowest BCUT2D eigenvalue weighted by Crippen LogP contribution is -2.33. The molecule has 1 aliphatic rings. The monoisotopic (exact) mass is 500 g/mol. The van der Waals surface area contributed by atoms with Gasteiger partial charge in [0, 0.05) is 42.4 Å². The summed E-state index contributed by atoms with van der Waals surface area (Å²) < 4.78 is 15.4. The zero-order valence-corrected chi connectivity index (χ0v) is 20.5. The molecule has 1 fully saturated rings. The van der Waals surface area contributed by atoms with E-state index in [0.29, 0.717) is 17.3 Å². The molecule has 2 atom stereocenters. The van der Waals surface area contributed by atoms with E-state index in [9.17, 15) is 9.18 Å². The van der Waals surface area contributed by atoms with Crippen LogP contribution >= 0.6 is 12.2 Å². The van der Waals surface area contributed by atoms with Crippen LogP contribution in [0, 0.1) is 12.7 Å². The van der Waals surface area contributed by atoms with E-state index < -0.39 is 0 Å². The molecule has 1 amide bonds. The minimum atomic E-state index is -0.350. The number of carbonyl (C=O) groups is 1. The Balaban J connectivity index is 1.45. The Kier molecular flexibility index (Phi) is 6.73. The fourth-order valence-electron chi connectivity index (χ4n) is 4.57. The first-order valence-electron chi connectivity index (χ1n) is 11.6. The second-order valence-electron chi connectivity index (χ2n) is 8.57. The molecule has 0 radical (unpaired) electrons. The molecule has 7 nitrogen and oxygen atoms in total. The van der Waals surface area contributed by atoms with E-state index in [1.807, 2.05) is 48.4 Å². The van der Waals surface area contributed by atoms with Crippen molar-refractivity contribution in [2.24, 2.45) is 0 Å². The van der Waals surface area contributed by atoms with Crippen molar-refractivity contribution in [2.45, 2.75) is 25.4 Å². The Morgan fingerprint density at radius 2 is 1.92 bits per heavy atom. The number of benzene rings is 1. The predicted molar refractivity (Wildman–Crippen MR) is 140 cm³/mol. The molecule has 182 valence electrons. The topological polar surface area (TPSA) is 75.1 Å². The number of halogens is 1. The molecule has 2 N–H and O–H groups in total. The van der Waals surface area contributed by atoms with Crippen LogP contribution in [0.1, 0.15) is 35.6 Å². The summed E-state index contributed by atoms with van der Waals surface area (Å²) in [6.45, 7) is 2.44. The normalized spacial score (nSPS) is 17.2. The molecule has 1 aliphatic heterocycles. The lowest BCUT2D eigenvalue weighted by atomic mass is 10.0. The van der Waals surface area contributed by atoms with Gasteiger partial charge in [0.25, 0.3) is 0 Å². The number of amides is 1. The highest BCUT2D eigenvalue weighted by atomic mass is 32.1. The highest BCUT2D eigenvalue weighted by molar-refractivity contribution is 7.80. The molecule has 0 unspecified atom stereocenters. The van der Waals surface area contributed by atoms with Crippen LogP contribution in [0.3, 0.4) is 0 Å². The number of carbonyl (C=O) groups excluding carboxylic acids is 1. The van der Waals surface area contributed by atoms with Gasteiger partial charge in [-0.2, -0.15) is 0 Å². The summed E-state index contributed by atoms with van der Waals surface area (Å²) in [5.74, 6) is -0.528. The van der Waals surface area contributed by atoms with Gasteiger partial charge in [-0.1, -0.05) is 6.07 Å². The Morgan fingerprint density at radius 1 is 1.08 bits per heavy atom. The van der Waals surface area contributed by atoms with Crippen molar-refractivity contribution < 1.29 is 9.18 Å². The summed E-state index contributed by atoms with van der Waals surface area (Å²) in [5, 5.41) is 6.81. The van der Waals surface area contributed by atoms with Gasteiger partial charge < -0.3 is 20.1 Å². The standard InChI is InChI=1S/C27H25FN6OS/c1-18-7-12-23(34(18)21-5-4-14-29-17-21)26-25(22-6-2-3-15-30-22)32-27(36)33(26)16-13-24(35)31-20-10-8-19(28)9-11-20/h2-12,14-15,17,25-26H,13,16H2,1H3,(H,31,35)(H,32,36)/t25-,26+/m0/s1. The zero-order chi connectivity index (χ0) is 25.1. The SMILES string of the molecule is Cc1ccc([C@@H]2[C@H](c3ccccn3)NC(=S)N2CCC(=O)Nc2ccc(F)cc2)n1-c1cccnc1. The minimum absolute atomic E-state index is 0.178. The molecule has 9 heteroatoms. The second kappa shape index (κ2) is 10.2. The second-order valence-corrected chi connectivity index (χ2v) is 8.96. The fourth-order valence-corrected chi connectivity index (χ4v) is 4.91. The highest BCUT2D eigenvalue weighted by Gasteiger charge is 2.41. The van der Waals surface area contributed by atoms with Gasteiger partial charge >= 0.3 is 0 Å². The smallest absolute Gasteiger partial charge is 0.226 e. The van der Waals surface area contributed by atoms with E-state index in [4.69, 9.17) is 12.2 Å². The number of nitrogens with zero attached hydrogens (tertiary/aromatic N) is 4. The maximum absolute atomic E-state index is 13.2. The molecular formula is C27H25FN6OS. The molecule has 0 spiro atoms. The third kappa shape index (κ3) is 4.83. The van der Waals surface area contributed by atoms with E-state index >= 15 is 0 Å². The van der Waals surface area contributed by atoms with Gasteiger partial charge in [0.15, 0.2) is 5.11 Å². The zero-order valence-electron chi connectivity index (χ0n) is 19.6. The van der Waals surface area contributed by atoms with Crippen LogP contribution in [0.25, 0.3) is 5.69 Å². The van der Waals surface area contributed by atoms with Gasteiger partial charge in [0.1, 0.15) is 5.82 Å². The van der Waals surface area contributed by atoms with E-state index in [0.717, 1.165) is 22.8 Å². The summed E-state index contributed by atoms with van der Waals surface area (Å²) >= 11 is 5.75. The van der Waals surface area contributed by atoms with Crippen molar-refractivity contribution in [3.05, 3.63) is 108 Å². The van der Waals surface area contributed by atoms with Gasteiger partial charge in [-0.05, 0) is 79.8 Å². The first-order valence-corrected chi connectivity index (χ1v) is 12.0. The van der Waals surface area contributed by atoms with Crippen LogP contribution < -0.4 is 10.6 Å². The molecule has 1 aromatic carbocycles. The summed E-state index contributed by atoms with van der Waals surface area (Å²) in [5.41, 5.74) is 4.43. The van der Waals surface area contributed by atoms with Crippen molar-refractivity contribution in [3.63, 3.8) is 0 Å². The average molecular weight is 501 g/mol. The molecule has 36 heavy (non-hydrogen) atoms. The Morgan fingerprint density at radius 3 is 2.64 bits per heavy atom. The minimum Gasteiger partial charge on any atom is -0.352 e. The van der Waals surface area contributed by atoms with Crippen molar-refractivity contribution >= 4 is 28.9 Å². The lowest BCUT2D eigenvalue weighted by molar-refractivity contribution is -0.116. The number of rotatable bonds is 7. The first-order chi connectivity index (χ1) is 17.5. The molecule has 3 aromatic heterocycles. The number of thiocarbonyl (C=S) groups is 1. The van der Waals surface area contributed by atoms with Crippen LogP contribution in [0.2, 0.25) is 0 Å². The summed E-state index contributed by atoms with van der Waals surface area (Å²) in [6, 6.07) is 19.2. The third-order valence-electron chi connectivity index (χ3n) is 6.22. The van der Waals surface area contributed by atoms with Crippen LogP contribution in [-0.2, 0) is 4.79 Å². The lowest BCUT2D eigenvalue weighted by Gasteiger charge is -2.29. The number of aryl methyl sites for hydroxylation is 1. The maximum Gasteiger partial charge on any atom is 0.226 e. The van der Waals surface area contributed by atoms with Crippen LogP contribution in [0.15, 0.2) is 85.3 Å². The van der Waals surface area contributed by atoms with Crippen molar-refractivity contribution in [1.82, 2.24) is 24.8 Å². The average Bonchev–Trinajstić information content (AvgIpc) is 3.44. The van der Waals surface area contributed by atoms with E-state index in [1.54, 1.807) is 24.5 Å². The summed E-state index contributed by atoms with van der Waals surface area (Å²) in [7, 11) is 0. The van der Waals surface area contributed by atoms with Crippen molar-refractivity contribution in [1.29, 1.82) is 0 Å². The number of hydrogen-bond acceptors (Lipinski definition) is 4. The van der Waals surface area contributed by atoms with Gasteiger partial charge in [0.05, 0.1) is 29.7 Å². The number of pyridine rings is 2. The van der Waals surface area contributed by atoms with Crippen LogP contribution in [0.4, 0.5) is 10.1 Å². The Bertz CT molecular complexity index is 1360. The third-order valence-corrected chi connectivity index (χ3v) is 6.57. The predicted octanol–water partition coefficient (Wildman–Crippen LogP) is 4.72. The number of hydrogen-bond donors (Lipinski definition) is 2. The summed E-state index contributed by atoms with van der Waals surface area (Å²) in [4.78, 5) is 23.7. The van der Waals surface area contributed by atoms with Crippen molar-refractivity contribution in [3.8, 4) is 5.69 Å². The quantitative estimate of drug-likeness (QED) is 0.358. The van der Waals surface area contributed by atoms with Crippen LogP contribution in [-0.4, -0.2) is 37.0 Å². The molecule has 0 aliphatic carbocycles. The summed E-state index contributed by atoms with van der Waals surface area (Å²) in [6.07, 6.45) is 5.54. The largest absolute Gasteiger partial charge is 0.352 e. The molecule has 4 heterocycles. The van der Waals surface area contributed by atoms with Crippen molar-refractivity contribution in [2.75, 3.05) is 11.9 Å². The van der Waals surface area contributed by atoms with Gasteiger partial charge in [-0.3, -0.25) is 14.8 Å². The molecular weight excluding hydrogens is 475 g/mol. The number of nitrogens with one attached hydrogen (secondary N) is 2. The number of anilines is 1. The first kappa shape index (κ1) is 23.6. The Hall–Kier alpha value is -4.11. The Labute approximate surface area is 214 Å².